The summed E-state index contributed by atoms with van der Waals surface area (Å²) >= 11 is 0. The van der Waals surface area contributed by atoms with E-state index >= 15 is 0 Å². The first kappa shape index (κ1) is 38.4. The molecular formula is C58H62N4O. The van der Waals surface area contributed by atoms with Gasteiger partial charge in [0.25, 0.3) is 0 Å². The molecule has 0 fully saturated rings. The Morgan fingerprint density at radius 1 is 0.619 bits per heavy atom. The molecule has 0 spiro atoms. The van der Waals surface area contributed by atoms with Crippen molar-refractivity contribution < 1.29 is 8.85 Å². The van der Waals surface area contributed by atoms with Gasteiger partial charge in [-0.15, -0.1) is 0 Å². The van der Waals surface area contributed by atoms with E-state index in [9.17, 15) is 0 Å². The van der Waals surface area contributed by atoms with Crippen molar-refractivity contribution in [2.75, 3.05) is 23.0 Å². The van der Waals surface area contributed by atoms with Gasteiger partial charge < -0.3 is 14.5 Å². The van der Waals surface area contributed by atoms with Gasteiger partial charge in [-0.3, -0.25) is 4.57 Å². The number of aromatic nitrogens is 2. The number of rotatable bonds is 9. The van der Waals surface area contributed by atoms with Crippen LogP contribution in [-0.4, -0.2) is 22.8 Å². The Kier molecular flexibility index (Phi) is 9.80. The maximum Gasteiger partial charge on any atom is 0.137 e. The van der Waals surface area contributed by atoms with Crippen molar-refractivity contribution in [1.29, 1.82) is 0 Å². The van der Waals surface area contributed by atoms with Crippen molar-refractivity contribution in [2.24, 2.45) is 0 Å². The minimum atomic E-state index is -2.27. The molecule has 0 saturated heterocycles. The number of aryl methyl sites for hydroxylation is 1. The van der Waals surface area contributed by atoms with Gasteiger partial charge in [-0.25, -0.2) is 4.98 Å². The van der Waals surface area contributed by atoms with Crippen molar-refractivity contribution in [3.8, 4) is 22.7 Å². The summed E-state index contributed by atoms with van der Waals surface area (Å²) in [6.45, 7) is 19.2. The highest BCUT2D eigenvalue weighted by atomic mass is 16.5. The zero-order chi connectivity index (χ0) is 46.8. The third-order valence-electron chi connectivity index (χ3n) is 12.7. The molecule has 6 aromatic carbocycles. The predicted octanol–water partition coefficient (Wildman–Crippen LogP) is 14.8. The van der Waals surface area contributed by atoms with Crippen molar-refractivity contribution in [3.05, 3.63) is 179 Å². The summed E-state index contributed by atoms with van der Waals surface area (Å²) in [6, 6.07) is 49.1. The molecule has 0 amide bonds. The van der Waals surface area contributed by atoms with Gasteiger partial charge in [0.2, 0.25) is 0 Å². The first-order valence-electron chi connectivity index (χ1n) is 23.9. The van der Waals surface area contributed by atoms with E-state index in [1.165, 1.54) is 16.5 Å². The summed E-state index contributed by atoms with van der Waals surface area (Å²) in [5.41, 5.74) is 13.1. The fourth-order valence-electron chi connectivity index (χ4n) is 9.00. The molecule has 9 rings (SSSR count). The second-order valence-electron chi connectivity index (χ2n) is 20.3. The molecule has 2 aromatic heterocycles. The van der Waals surface area contributed by atoms with E-state index in [1.54, 1.807) is 0 Å². The minimum absolute atomic E-state index is 0.0113. The number of benzene rings is 6. The SMILES string of the molecule is [2H]C([2H])([2H])c1cc(C(C)(C)C)cc(-c2cccc(C(C)(C)C)c2)c1CCN1CN(c2cccc(COc3ccc4c5ccccc5n(-c5cc(C(C)(C)C)ccn5)c4c3)c2)c2ccccc21. The Labute approximate surface area is 379 Å². The van der Waals surface area contributed by atoms with E-state index < -0.39 is 6.85 Å². The van der Waals surface area contributed by atoms with E-state index in [2.05, 4.69) is 210 Å². The van der Waals surface area contributed by atoms with E-state index in [1.807, 2.05) is 12.3 Å². The number of nitrogens with zero attached hydrogens (tertiary/aromatic N) is 4. The quantitative estimate of drug-likeness (QED) is 0.145. The molecule has 1 aliphatic rings. The van der Waals surface area contributed by atoms with E-state index in [0.717, 1.165) is 72.9 Å². The number of ether oxygens (including phenoxy) is 1. The summed E-state index contributed by atoms with van der Waals surface area (Å²) in [5, 5.41) is 2.33. The smallest absolute Gasteiger partial charge is 0.137 e. The van der Waals surface area contributed by atoms with Crippen LogP contribution in [0, 0.1) is 6.85 Å². The molecule has 8 aromatic rings. The summed E-state index contributed by atoms with van der Waals surface area (Å²) in [6.07, 6.45) is 2.48. The van der Waals surface area contributed by atoms with Gasteiger partial charge in [0.1, 0.15) is 18.2 Å². The lowest BCUT2D eigenvalue weighted by Crippen LogP contribution is -2.30. The van der Waals surface area contributed by atoms with Crippen LogP contribution in [0.3, 0.4) is 0 Å². The average Bonchev–Trinajstić information content (AvgIpc) is 3.82. The van der Waals surface area contributed by atoms with E-state index in [4.69, 9.17) is 13.8 Å². The molecule has 0 N–H and O–H groups in total. The molecule has 0 saturated carbocycles. The summed E-state index contributed by atoms with van der Waals surface area (Å²) < 4.78 is 35.2. The van der Waals surface area contributed by atoms with Gasteiger partial charge in [-0.1, -0.05) is 141 Å². The zero-order valence-corrected chi connectivity index (χ0v) is 38.4. The van der Waals surface area contributed by atoms with E-state index in [0.29, 0.717) is 31.8 Å². The number of pyridine rings is 1. The molecule has 1 aliphatic heterocycles. The molecule has 0 radical (unpaired) electrons. The molecular weight excluding hydrogens is 769 g/mol. The zero-order valence-electron chi connectivity index (χ0n) is 41.4. The number of anilines is 3. The van der Waals surface area contributed by atoms with Gasteiger partial charge in [0.05, 0.1) is 29.1 Å². The molecule has 320 valence electrons. The average molecular weight is 834 g/mol. The molecule has 0 unspecified atom stereocenters. The second-order valence-corrected chi connectivity index (χ2v) is 20.3. The van der Waals surface area contributed by atoms with Crippen LogP contribution in [-0.2, 0) is 29.3 Å². The Morgan fingerprint density at radius 3 is 2.11 bits per heavy atom. The van der Waals surface area contributed by atoms with Gasteiger partial charge in [0.15, 0.2) is 0 Å². The van der Waals surface area contributed by atoms with Crippen LogP contribution in [0.1, 0.15) is 99.8 Å². The maximum atomic E-state index is 8.80. The Morgan fingerprint density at radius 2 is 1.33 bits per heavy atom. The molecule has 0 bridgehead atoms. The van der Waals surface area contributed by atoms with Crippen molar-refractivity contribution in [2.45, 2.75) is 98.4 Å². The Bertz CT molecular complexity index is 3090. The minimum Gasteiger partial charge on any atom is -0.489 e. The van der Waals surface area contributed by atoms with Crippen LogP contribution >= 0.6 is 0 Å². The van der Waals surface area contributed by atoms with Crippen molar-refractivity contribution >= 4 is 38.9 Å². The van der Waals surface area contributed by atoms with Gasteiger partial charge in [-0.05, 0) is 129 Å². The largest absolute Gasteiger partial charge is 0.489 e. The van der Waals surface area contributed by atoms with Gasteiger partial charge in [-0.2, -0.15) is 0 Å². The monoisotopic (exact) mass is 834 g/mol. The molecule has 3 heterocycles. The number of hydrogen-bond acceptors (Lipinski definition) is 4. The highest BCUT2D eigenvalue weighted by Gasteiger charge is 2.28. The topological polar surface area (TPSA) is 33.5 Å². The van der Waals surface area contributed by atoms with Crippen LogP contribution in [0.5, 0.6) is 5.75 Å². The highest BCUT2D eigenvalue weighted by molar-refractivity contribution is 6.09. The van der Waals surface area contributed by atoms with Gasteiger partial charge in [0, 0.05) is 39.4 Å². The number of para-hydroxylation sites is 3. The number of hydrogen-bond donors (Lipinski definition) is 0. The first-order chi connectivity index (χ1) is 31.2. The van der Waals surface area contributed by atoms with Crippen molar-refractivity contribution in [1.82, 2.24) is 9.55 Å². The summed E-state index contributed by atoms with van der Waals surface area (Å²) in [4.78, 5) is 9.59. The standard InChI is InChI=1S/C58H62N4O/c1-39-31-44(58(8,9)10)34-50(41-18-16-19-42(33-41)56(2,3)4)47(39)28-30-60-38-61(53-24-14-13-23-52(53)60)45-20-15-17-40(32-45)37-63-46-25-26-49-48-21-11-12-22-51(48)62(54(49)36-46)55-35-43(27-29-59-55)57(5,6)7/h11-27,29,31-36H,28,30,37-38H2,1-10H3/i1D3. The summed E-state index contributed by atoms with van der Waals surface area (Å²) in [5.74, 6) is 1.68. The van der Waals surface area contributed by atoms with Crippen molar-refractivity contribution in [3.63, 3.8) is 0 Å². The third-order valence-corrected chi connectivity index (χ3v) is 12.7. The van der Waals surface area contributed by atoms with Crippen LogP contribution in [0.15, 0.2) is 146 Å². The van der Waals surface area contributed by atoms with Crippen LogP contribution < -0.4 is 14.5 Å². The summed E-state index contributed by atoms with van der Waals surface area (Å²) in [7, 11) is 0. The Hall–Kier alpha value is -6.33. The lowest BCUT2D eigenvalue weighted by atomic mass is 9.80. The van der Waals surface area contributed by atoms with Crippen LogP contribution in [0.2, 0.25) is 0 Å². The fraction of sp³-hybridized carbons (Fsp3) is 0.293. The number of fused-ring (bicyclic) bond motifs is 4. The lowest BCUT2D eigenvalue weighted by molar-refractivity contribution is 0.306. The second kappa shape index (κ2) is 16.1. The van der Waals surface area contributed by atoms with Crippen LogP contribution in [0.4, 0.5) is 17.1 Å². The van der Waals surface area contributed by atoms with E-state index in [-0.39, 0.29) is 16.2 Å². The molecule has 0 aliphatic carbocycles. The van der Waals surface area contributed by atoms with Gasteiger partial charge >= 0.3 is 0 Å². The predicted molar refractivity (Wildman–Crippen MR) is 267 cm³/mol. The third kappa shape index (κ3) is 8.34. The maximum absolute atomic E-state index is 8.80. The first-order valence-corrected chi connectivity index (χ1v) is 22.4. The highest BCUT2D eigenvalue weighted by Crippen LogP contribution is 2.42. The van der Waals surface area contributed by atoms with Crippen LogP contribution in [0.25, 0.3) is 38.8 Å². The molecule has 5 nitrogen and oxygen atoms in total. The molecule has 63 heavy (non-hydrogen) atoms. The normalized spacial score (nSPS) is 14.2. The Balaban J connectivity index is 0.995. The lowest BCUT2D eigenvalue weighted by Gasteiger charge is -2.26. The fourth-order valence-corrected chi connectivity index (χ4v) is 9.00. The molecule has 5 heteroatoms. The molecule has 0 atom stereocenters.